The second kappa shape index (κ2) is 6.17. The summed E-state index contributed by atoms with van der Waals surface area (Å²) in [5, 5.41) is 7.12. The minimum atomic E-state index is 0.450. The molecule has 0 bridgehead atoms. The first-order valence-electron chi connectivity index (χ1n) is 7.20. The van der Waals surface area contributed by atoms with Crippen molar-refractivity contribution in [1.82, 2.24) is 10.6 Å². The average molecular weight is 240 g/mol. The van der Waals surface area contributed by atoms with Crippen LogP contribution in [0.1, 0.15) is 39.5 Å². The van der Waals surface area contributed by atoms with Gasteiger partial charge >= 0.3 is 0 Å². The Labute approximate surface area is 106 Å². The van der Waals surface area contributed by atoms with Gasteiger partial charge < -0.3 is 15.4 Å². The molecule has 0 radical (unpaired) electrons. The van der Waals surface area contributed by atoms with Crippen molar-refractivity contribution < 1.29 is 4.74 Å². The van der Waals surface area contributed by atoms with E-state index in [0.29, 0.717) is 11.5 Å². The highest BCUT2D eigenvalue weighted by molar-refractivity contribution is 4.84. The fourth-order valence-electron chi connectivity index (χ4n) is 3.17. The minimum absolute atomic E-state index is 0.450. The fraction of sp³-hybridized carbons (Fsp3) is 1.00. The molecule has 3 heteroatoms. The van der Waals surface area contributed by atoms with Gasteiger partial charge in [0.15, 0.2) is 0 Å². The SMILES string of the molecule is CC(C)(CNCC1COCCN1)C1CCCC1. The molecule has 1 atom stereocenters. The lowest BCUT2D eigenvalue weighted by Gasteiger charge is -2.33. The van der Waals surface area contributed by atoms with Crippen LogP contribution in [-0.4, -0.2) is 38.9 Å². The molecular formula is C14H28N2O. The van der Waals surface area contributed by atoms with E-state index in [1.807, 2.05) is 0 Å². The maximum atomic E-state index is 5.46. The molecule has 1 heterocycles. The van der Waals surface area contributed by atoms with Crippen molar-refractivity contribution in [3.8, 4) is 0 Å². The van der Waals surface area contributed by atoms with Crippen molar-refractivity contribution >= 4 is 0 Å². The first-order valence-corrected chi connectivity index (χ1v) is 7.20. The minimum Gasteiger partial charge on any atom is -0.378 e. The van der Waals surface area contributed by atoms with Crippen LogP contribution in [0.5, 0.6) is 0 Å². The second-order valence-corrected chi connectivity index (χ2v) is 6.33. The summed E-state index contributed by atoms with van der Waals surface area (Å²) in [6, 6.07) is 0.503. The molecule has 0 amide bonds. The van der Waals surface area contributed by atoms with Crippen LogP contribution in [0.4, 0.5) is 0 Å². The van der Waals surface area contributed by atoms with Crippen molar-refractivity contribution in [1.29, 1.82) is 0 Å². The number of hydrogen-bond donors (Lipinski definition) is 2. The zero-order valence-corrected chi connectivity index (χ0v) is 11.4. The van der Waals surface area contributed by atoms with E-state index in [9.17, 15) is 0 Å². The van der Waals surface area contributed by atoms with E-state index in [1.165, 1.54) is 25.7 Å². The Hall–Kier alpha value is -0.120. The molecule has 2 aliphatic rings. The van der Waals surface area contributed by atoms with Gasteiger partial charge in [0.1, 0.15) is 0 Å². The summed E-state index contributed by atoms with van der Waals surface area (Å²) in [4.78, 5) is 0. The number of nitrogens with one attached hydrogen (secondary N) is 2. The van der Waals surface area contributed by atoms with Gasteiger partial charge in [0.25, 0.3) is 0 Å². The summed E-state index contributed by atoms with van der Waals surface area (Å²) in [6.07, 6.45) is 5.73. The van der Waals surface area contributed by atoms with Crippen molar-refractivity contribution in [3.05, 3.63) is 0 Å². The molecule has 1 aliphatic heterocycles. The van der Waals surface area contributed by atoms with Crippen LogP contribution in [-0.2, 0) is 4.74 Å². The monoisotopic (exact) mass is 240 g/mol. The quantitative estimate of drug-likeness (QED) is 0.768. The van der Waals surface area contributed by atoms with E-state index in [4.69, 9.17) is 4.74 Å². The van der Waals surface area contributed by atoms with Gasteiger partial charge in [-0.05, 0) is 24.2 Å². The van der Waals surface area contributed by atoms with E-state index in [-0.39, 0.29) is 0 Å². The van der Waals surface area contributed by atoms with Crippen molar-refractivity contribution in [3.63, 3.8) is 0 Å². The third-order valence-corrected chi connectivity index (χ3v) is 4.43. The van der Waals surface area contributed by atoms with Crippen LogP contribution in [0.15, 0.2) is 0 Å². The van der Waals surface area contributed by atoms with Crippen LogP contribution in [0.25, 0.3) is 0 Å². The summed E-state index contributed by atoms with van der Waals surface area (Å²) in [5.74, 6) is 0.922. The molecule has 2 rings (SSSR count). The van der Waals surface area contributed by atoms with E-state index in [2.05, 4.69) is 24.5 Å². The lowest BCUT2D eigenvalue weighted by atomic mass is 9.77. The second-order valence-electron chi connectivity index (χ2n) is 6.33. The summed E-state index contributed by atoms with van der Waals surface area (Å²) in [6.45, 7) is 9.73. The summed E-state index contributed by atoms with van der Waals surface area (Å²) in [5.41, 5.74) is 0.450. The number of rotatable bonds is 5. The molecule has 0 aromatic rings. The topological polar surface area (TPSA) is 33.3 Å². The molecule has 100 valence electrons. The molecule has 3 nitrogen and oxygen atoms in total. The molecule has 0 spiro atoms. The first kappa shape index (κ1) is 13.3. The highest BCUT2D eigenvalue weighted by Crippen LogP contribution is 2.38. The lowest BCUT2D eigenvalue weighted by molar-refractivity contribution is 0.0749. The Morgan fingerprint density at radius 3 is 2.71 bits per heavy atom. The number of ether oxygens (including phenoxy) is 1. The molecule has 1 unspecified atom stereocenters. The number of hydrogen-bond acceptors (Lipinski definition) is 3. The van der Waals surface area contributed by atoms with Gasteiger partial charge in [-0.25, -0.2) is 0 Å². The van der Waals surface area contributed by atoms with Crippen molar-refractivity contribution in [2.75, 3.05) is 32.8 Å². The van der Waals surface area contributed by atoms with Crippen LogP contribution >= 0.6 is 0 Å². The van der Waals surface area contributed by atoms with Crippen LogP contribution in [0.3, 0.4) is 0 Å². The predicted octanol–water partition coefficient (Wildman–Crippen LogP) is 1.78. The number of morpholine rings is 1. The molecule has 0 aromatic heterocycles. The molecule has 17 heavy (non-hydrogen) atoms. The van der Waals surface area contributed by atoms with Crippen LogP contribution in [0.2, 0.25) is 0 Å². The molecular weight excluding hydrogens is 212 g/mol. The van der Waals surface area contributed by atoms with E-state index < -0.39 is 0 Å². The predicted molar refractivity (Wildman–Crippen MR) is 71.2 cm³/mol. The lowest BCUT2D eigenvalue weighted by Crippen LogP contribution is -2.49. The van der Waals surface area contributed by atoms with Crippen molar-refractivity contribution in [2.24, 2.45) is 11.3 Å². The Kier molecular flexibility index (Phi) is 4.83. The third-order valence-electron chi connectivity index (χ3n) is 4.43. The molecule has 2 fully saturated rings. The average Bonchev–Trinajstić information content (AvgIpc) is 2.84. The highest BCUT2D eigenvalue weighted by Gasteiger charge is 2.31. The summed E-state index contributed by atoms with van der Waals surface area (Å²) < 4.78 is 5.46. The van der Waals surface area contributed by atoms with Crippen LogP contribution < -0.4 is 10.6 Å². The molecule has 2 N–H and O–H groups in total. The fourth-order valence-corrected chi connectivity index (χ4v) is 3.17. The molecule has 1 aliphatic carbocycles. The molecule has 1 saturated carbocycles. The van der Waals surface area contributed by atoms with Gasteiger partial charge in [-0.1, -0.05) is 26.7 Å². The third kappa shape index (κ3) is 3.94. The van der Waals surface area contributed by atoms with Crippen LogP contribution in [0, 0.1) is 11.3 Å². The van der Waals surface area contributed by atoms with Gasteiger partial charge in [0, 0.05) is 25.7 Å². The van der Waals surface area contributed by atoms with Gasteiger partial charge in [-0.3, -0.25) is 0 Å². The largest absolute Gasteiger partial charge is 0.378 e. The maximum Gasteiger partial charge on any atom is 0.0632 e. The molecule has 1 saturated heterocycles. The summed E-state index contributed by atoms with van der Waals surface area (Å²) in [7, 11) is 0. The maximum absolute atomic E-state index is 5.46. The Morgan fingerprint density at radius 2 is 2.06 bits per heavy atom. The normalized spacial score (nSPS) is 27.5. The zero-order valence-electron chi connectivity index (χ0n) is 11.4. The summed E-state index contributed by atoms with van der Waals surface area (Å²) >= 11 is 0. The van der Waals surface area contributed by atoms with E-state index in [0.717, 1.165) is 38.8 Å². The Balaban J connectivity index is 1.65. The zero-order chi connectivity index (χ0) is 12.1. The highest BCUT2D eigenvalue weighted by atomic mass is 16.5. The Bertz CT molecular complexity index is 218. The van der Waals surface area contributed by atoms with Gasteiger partial charge in [0.05, 0.1) is 13.2 Å². The first-order chi connectivity index (χ1) is 8.18. The standard InChI is InChI=1S/C14H28N2O/c1-14(2,12-5-3-4-6-12)11-15-9-13-10-17-8-7-16-13/h12-13,15-16H,3-11H2,1-2H3. The smallest absolute Gasteiger partial charge is 0.0632 e. The van der Waals surface area contributed by atoms with E-state index in [1.54, 1.807) is 0 Å². The van der Waals surface area contributed by atoms with Gasteiger partial charge in [-0.2, -0.15) is 0 Å². The van der Waals surface area contributed by atoms with Gasteiger partial charge in [0.2, 0.25) is 0 Å². The Morgan fingerprint density at radius 1 is 1.29 bits per heavy atom. The van der Waals surface area contributed by atoms with E-state index >= 15 is 0 Å². The molecule has 0 aromatic carbocycles. The van der Waals surface area contributed by atoms with Gasteiger partial charge in [-0.15, -0.1) is 0 Å². The van der Waals surface area contributed by atoms with Crippen molar-refractivity contribution in [2.45, 2.75) is 45.6 Å².